The molecule has 24 heavy (non-hydrogen) atoms. The van der Waals surface area contributed by atoms with Gasteiger partial charge in [-0.3, -0.25) is 10.1 Å². The summed E-state index contributed by atoms with van der Waals surface area (Å²) in [5.74, 6) is -0.383. The summed E-state index contributed by atoms with van der Waals surface area (Å²) in [4.78, 5) is 18.3. The number of hydrogen-bond donors (Lipinski definition) is 1. The third kappa shape index (κ3) is 4.43. The fraction of sp³-hybridized carbons (Fsp3) is 0.375. The van der Waals surface area contributed by atoms with E-state index in [4.69, 9.17) is 0 Å². The normalized spacial score (nSPS) is 11.5. The van der Waals surface area contributed by atoms with Crippen molar-refractivity contribution in [3.8, 4) is 0 Å². The number of aryl methyl sites for hydroxylation is 2. The second kappa shape index (κ2) is 7.76. The Morgan fingerprint density at radius 1 is 1.33 bits per heavy atom. The summed E-state index contributed by atoms with van der Waals surface area (Å²) in [6, 6.07) is 4.40. The third-order valence-electron chi connectivity index (χ3n) is 3.42. The SMILES string of the molecule is CCCc1nc(NC(=O)c2cc(S(C)(=O)=O)ccc2Br)sc1CC. The quantitative estimate of drug-likeness (QED) is 0.748. The standard InChI is InChI=1S/C16H19BrN2O3S2/c1-4-6-13-14(5-2)23-16(18-13)19-15(20)11-9-10(24(3,21)22)7-8-12(11)17/h7-9H,4-6H2,1-3H3,(H,18,19,20). The lowest BCUT2D eigenvalue weighted by Crippen LogP contribution is -2.13. The minimum atomic E-state index is -3.38. The molecule has 0 aliphatic heterocycles. The Bertz CT molecular complexity index is 860. The maximum atomic E-state index is 12.5. The first-order chi connectivity index (χ1) is 11.3. The second-order valence-electron chi connectivity index (χ2n) is 5.36. The van der Waals surface area contributed by atoms with E-state index in [-0.39, 0.29) is 16.4 Å². The van der Waals surface area contributed by atoms with Crippen molar-refractivity contribution in [3.05, 3.63) is 38.8 Å². The molecule has 0 spiro atoms. The number of benzene rings is 1. The Balaban J connectivity index is 2.30. The average molecular weight is 431 g/mol. The molecular weight excluding hydrogens is 412 g/mol. The van der Waals surface area contributed by atoms with Crippen LogP contribution in [0.15, 0.2) is 27.6 Å². The summed E-state index contributed by atoms with van der Waals surface area (Å²) in [6.07, 6.45) is 3.86. The van der Waals surface area contributed by atoms with E-state index in [1.807, 2.05) is 0 Å². The third-order valence-corrected chi connectivity index (χ3v) is 6.38. The van der Waals surface area contributed by atoms with Crippen LogP contribution in [0.2, 0.25) is 0 Å². The summed E-state index contributed by atoms with van der Waals surface area (Å²) in [7, 11) is -3.38. The lowest BCUT2D eigenvalue weighted by molar-refractivity contribution is 0.102. The zero-order chi connectivity index (χ0) is 17.9. The highest BCUT2D eigenvalue weighted by molar-refractivity contribution is 9.10. The van der Waals surface area contributed by atoms with Crippen molar-refractivity contribution in [1.82, 2.24) is 4.98 Å². The predicted molar refractivity (Wildman–Crippen MR) is 101 cm³/mol. The maximum absolute atomic E-state index is 12.5. The molecule has 0 radical (unpaired) electrons. The Morgan fingerprint density at radius 3 is 2.62 bits per heavy atom. The minimum Gasteiger partial charge on any atom is -0.298 e. The summed E-state index contributed by atoms with van der Waals surface area (Å²) in [5.41, 5.74) is 1.28. The van der Waals surface area contributed by atoms with Gasteiger partial charge in [-0.05, 0) is 47.0 Å². The van der Waals surface area contributed by atoms with E-state index in [9.17, 15) is 13.2 Å². The Labute approximate surface area is 154 Å². The van der Waals surface area contributed by atoms with E-state index in [0.29, 0.717) is 9.60 Å². The van der Waals surface area contributed by atoms with E-state index >= 15 is 0 Å². The molecular formula is C16H19BrN2O3S2. The van der Waals surface area contributed by atoms with Crippen molar-refractivity contribution in [1.29, 1.82) is 0 Å². The number of sulfone groups is 1. The predicted octanol–water partition coefficient (Wildman–Crippen LogP) is 4.08. The number of thiazole rings is 1. The van der Waals surface area contributed by atoms with E-state index < -0.39 is 9.84 Å². The molecule has 0 saturated carbocycles. The molecule has 0 aliphatic rings. The number of hydrogen-bond acceptors (Lipinski definition) is 5. The van der Waals surface area contributed by atoms with E-state index in [2.05, 4.69) is 40.1 Å². The summed E-state index contributed by atoms with van der Waals surface area (Å²) < 4.78 is 23.9. The fourth-order valence-electron chi connectivity index (χ4n) is 2.22. The second-order valence-corrected chi connectivity index (χ2v) is 9.31. The van der Waals surface area contributed by atoms with Crippen molar-refractivity contribution in [2.45, 2.75) is 38.0 Å². The van der Waals surface area contributed by atoms with Gasteiger partial charge in [-0.25, -0.2) is 13.4 Å². The van der Waals surface area contributed by atoms with E-state index in [0.717, 1.165) is 36.1 Å². The van der Waals surface area contributed by atoms with Crippen LogP contribution in [0.5, 0.6) is 0 Å². The van der Waals surface area contributed by atoms with Crippen LogP contribution in [0.4, 0.5) is 5.13 Å². The fourth-order valence-corrected chi connectivity index (χ4v) is 4.24. The average Bonchev–Trinajstić information content (AvgIpc) is 2.88. The molecule has 1 aromatic heterocycles. The highest BCUT2D eigenvalue weighted by Crippen LogP contribution is 2.27. The number of nitrogens with one attached hydrogen (secondary N) is 1. The van der Waals surface area contributed by atoms with E-state index in [1.165, 1.54) is 23.5 Å². The zero-order valence-corrected chi connectivity index (χ0v) is 16.9. The molecule has 0 aliphatic carbocycles. The number of anilines is 1. The van der Waals surface area contributed by atoms with Gasteiger partial charge in [0.15, 0.2) is 15.0 Å². The molecule has 8 heteroatoms. The van der Waals surface area contributed by atoms with Crippen LogP contribution >= 0.6 is 27.3 Å². The first kappa shape index (κ1) is 19.1. The number of rotatable bonds is 6. The molecule has 1 heterocycles. The topological polar surface area (TPSA) is 76.1 Å². The number of amides is 1. The van der Waals surface area contributed by atoms with Gasteiger partial charge in [0.2, 0.25) is 0 Å². The Hall–Kier alpha value is -1.25. The Kier molecular flexibility index (Phi) is 6.17. The molecule has 1 aromatic carbocycles. The van der Waals surface area contributed by atoms with Crippen molar-refractivity contribution in [2.24, 2.45) is 0 Å². The van der Waals surface area contributed by atoms with Gasteiger partial charge in [-0.15, -0.1) is 11.3 Å². The molecule has 0 atom stereocenters. The minimum absolute atomic E-state index is 0.107. The first-order valence-electron chi connectivity index (χ1n) is 7.55. The van der Waals surface area contributed by atoms with Gasteiger partial charge in [0.25, 0.3) is 5.91 Å². The first-order valence-corrected chi connectivity index (χ1v) is 11.1. The molecule has 0 bridgehead atoms. The number of carbonyl (C=O) groups is 1. The van der Waals surface area contributed by atoms with Crippen LogP contribution in [0.3, 0.4) is 0 Å². The largest absolute Gasteiger partial charge is 0.298 e. The van der Waals surface area contributed by atoms with E-state index in [1.54, 1.807) is 6.07 Å². The van der Waals surface area contributed by atoms with Crippen LogP contribution < -0.4 is 5.32 Å². The lowest BCUT2D eigenvalue weighted by Gasteiger charge is -2.06. The maximum Gasteiger partial charge on any atom is 0.258 e. The number of aromatic nitrogens is 1. The molecule has 2 aromatic rings. The molecule has 1 amide bonds. The van der Waals surface area contributed by atoms with Crippen LogP contribution in [0.25, 0.3) is 0 Å². The monoisotopic (exact) mass is 430 g/mol. The number of nitrogens with zero attached hydrogens (tertiary/aromatic N) is 1. The Morgan fingerprint density at radius 2 is 2.04 bits per heavy atom. The van der Waals surface area contributed by atoms with Crippen molar-refractivity contribution < 1.29 is 13.2 Å². The van der Waals surface area contributed by atoms with Gasteiger partial charge >= 0.3 is 0 Å². The molecule has 2 rings (SSSR count). The van der Waals surface area contributed by atoms with Crippen molar-refractivity contribution >= 4 is 48.1 Å². The number of halogens is 1. The summed E-state index contributed by atoms with van der Waals surface area (Å²) >= 11 is 4.76. The van der Waals surface area contributed by atoms with Crippen LogP contribution in [0.1, 0.15) is 41.2 Å². The van der Waals surface area contributed by atoms with Crippen LogP contribution in [0, 0.1) is 0 Å². The van der Waals surface area contributed by atoms with Crippen LogP contribution in [-0.2, 0) is 22.7 Å². The van der Waals surface area contributed by atoms with Gasteiger partial charge in [-0.1, -0.05) is 20.3 Å². The van der Waals surface area contributed by atoms with Gasteiger partial charge in [-0.2, -0.15) is 0 Å². The van der Waals surface area contributed by atoms with Gasteiger partial charge in [0.05, 0.1) is 16.2 Å². The molecule has 5 nitrogen and oxygen atoms in total. The summed E-state index contributed by atoms with van der Waals surface area (Å²) in [6.45, 7) is 4.15. The lowest BCUT2D eigenvalue weighted by atomic mass is 10.2. The van der Waals surface area contributed by atoms with Crippen molar-refractivity contribution in [3.63, 3.8) is 0 Å². The molecule has 0 unspecified atom stereocenters. The highest BCUT2D eigenvalue weighted by atomic mass is 79.9. The number of carbonyl (C=O) groups excluding carboxylic acids is 1. The smallest absolute Gasteiger partial charge is 0.258 e. The summed E-state index contributed by atoms with van der Waals surface area (Å²) in [5, 5.41) is 3.31. The van der Waals surface area contributed by atoms with Gasteiger partial charge in [0, 0.05) is 15.6 Å². The highest BCUT2D eigenvalue weighted by Gasteiger charge is 2.17. The molecule has 1 N–H and O–H groups in total. The van der Waals surface area contributed by atoms with Gasteiger partial charge in [0.1, 0.15) is 0 Å². The molecule has 0 saturated heterocycles. The van der Waals surface area contributed by atoms with Gasteiger partial charge < -0.3 is 0 Å². The van der Waals surface area contributed by atoms with Crippen LogP contribution in [-0.4, -0.2) is 25.6 Å². The molecule has 0 fully saturated rings. The van der Waals surface area contributed by atoms with Crippen molar-refractivity contribution in [2.75, 3.05) is 11.6 Å². The molecule has 130 valence electrons. The zero-order valence-electron chi connectivity index (χ0n) is 13.7.